The van der Waals surface area contributed by atoms with Gasteiger partial charge >= 0.3 is 6.09 Å². The number of amides is 1. The molecule has 0 fully saturated rings. The van der Waals surface area contributed by atoms with E-state index in [2.05, 4.69) is 5.32 Å². The number of anilines is 1. The van der Waals surface area contributed by atoms with E-state index in [1.165, 1.54) is 0 Å². The van der Waals surface area contributed by atoms with E-state index >= 15 is 0 Å². The number of carbonyl (C=O) groups excluding carboxylic acids is 1. The molecule has 3 atom stereocenters. The van der Waals surface area contributed by atoms with E-state index in [0.29, 0.717) is 23.5 Å². The predicted molar refractivity (Wildman–Crippen MR) is 133 cm³/mol. The van der Waals surface area contributed by atoms with E-state index in [1.807, 2.05) is 44.2 Å². The first-order valence-electron chi connectivity index (χ1n) is 11.2. The molecule has 0 saturated heterocycles. The van der Waals surface area contributed by atoms with Crippen molar-refractivity contribution in [3.8, 4) is 0 Å². The third-order valence-corrected chi connectivity index (χ3v) is 6.18. The highest BCUT2D eigenvalue weighted by Gasteiger charge is 2.29. The average molecular weight is 476 g/mol. The van der Waals surface area contributed by atoms with Gasteiger partial charge in [-0.1, -0.05) is 44.2 Å². The molecule has 4 N–H and O–H groups in total. The zero-order chi connectivity index (χ0) is 24.6. The molecule has 8 heteroatoms. The Morgan fingerprint density at radius 3 is 2.24 bits per heavy atom. The Balaban J connectivity index is 2.22. The average Bonchev–Trinajstić information content (AvgIpc) is 2.72. The Morgan fingerprint density at radius 1 is 1.09 bits per heavy atom. The van der Waals surface area contributed by atoms with Gasteiger partial charge < -0.3 is 20.9 Å². The van der Waals surface area contributed by atoms with Crippen molar-refractivity contribution in [3.63, 3.8) is 0 Å². The number of aliphatic hydroxyl groups is 1. The number of benzene rings is 2. The van der Waals surface area contributed by atoms with Crippen LogP contribution < -0.4 is 11.1 Å². The van der Waals surface area contributed by atoms with Crippen LogP contribution in [-0.4, -0.2) is 50.6 Å². The lowest BCUT2D eigenvalue weighted by Gasteiger charge is -2.31. The highest BCUT2D eigenvalue weighted by Crippen LogP contribution is 2.17. The molecule has 0 radical (unpaired) electrons. The first-order valence-corrected chi connectivity index (χ1v) is 12.3. The van der Waals surface area contributed by atoms with Gasteiger partial charge in [-0.2, -0.15) is 0 Å². The van der Waals surface area contributed by atoms with E-state index in [4.69, 9.17) is 10.5 Å². The Kier molecular flexibility index (Phi) is 9.88. The van der Waals surface area contributed by atoms with Gasteiger partial charge in [0.25, 0.3) is 0 Å². The van der Waals surface area contributed by atoms with E-state index in [1.54, 1.807) is 49.3 Å². The second kappa shape index (κ2) is 12.2. The van der Waals surface area contributed by atoms with Crippen LogP contribution in [0.5, 0.6) is 0 Å². The number of nitrogens with zero attached hydrogens (tertiary/aromatic N) is 1. The molecule has 3 unspecified atom stereocenters. The van der Waals surface area contributed by atoms with E-state index in [-0.39, 0.29) is 12.5 Å². The van der Waals surface area contributed by atoms with Gasteiger partial charge in [0.1, 0.15) is 16.6 Å². The van der Waals surface area contributed by atoms with Crippen molar-refractivity contribution in [2.45, 2.75) is 63.7 Å². The number of alkyl carbamates (subject to hydrolysis) is 1. The monoisotopic (exact) mass is 475 g/mol. The number of nitrogens with one attached hydrogen (secondary N) is 1. The van der Waals surface area contributed by atoms with Gasteiger partial charge in [0.15, 0.2) is 0 Å². The summed E-state index contributed by atoms with van der Waals surface area (Å²) in [5, 5.41) is 14.0. The molecule has 182 valence electrons. The van der Waals surface area contributed by atoms with E-state index in [0.717, 1.165) is 5.56 Å². The number of aliphatic hydroxyl groups excluding tert-OH is 1. The predicted octanol–water partition coefficient (Wildman–Crippen LogP) is 3.75. The quantitative estimate of drug-likeness (QED) is 0.454. The topological polar surface area (TPSA) is 105 Å². The zero-order valence-electron chi connectivity index (χ0n) is 20.2. The molecule has 0 aromatic heterocycles. The molecule has 33 heavy (non-hydrogen) atoms. The number of nitrogens with two attached hydrogens (primary N) is 1. The van der Waals surface area contributed by atoms with Crippen molar-refractivity contribution in [2.24, 2.45) is 5.92 Å². The van der Waals surface area contributed by atoms with Crippen LogP contribution in [0.2, 0.25) is 0 Å². The van der Waals surface area contributed by atoms with Crippen molar-refractivity contribution in [1.82, 2.24) is 9.62 Å². The molecule has 0 heterocycles. The van der Waals surface area contributed by atoms with Crippen molar-refractivity contribution in [2.75, 3.05) is 18.8 Å². The maximum absolute atomic E-state index is 13.3. The second-order valence-corrected chi connectivity index (χ2v) is 11.1. The minimum absolute atomic E-state index is 0.114. The van der Waals surface area contributed by atoms with Crippen LogP contribution >= 0.6 is 0 Å². The SMILES string of the molecule is CC(C)CN(CC(O)C(Cc1ccccc1)NC(=O)OC(C)(C)C)S(=O)c1ccc(N)cc1. The van der Waals surface area contributed by atoms with Crippen molar-refractivity contribution >= 4 is 22.8 Å². The summed E-state index contributed by atoms with van der Waals surface area (Å²) < 4.78 is 20.4. The largest absolute Gasteiger partial charge is 0.444 e. The lowest BCUT2D eigenvalue weighted by molar-refractivity contribution is 0.0401. The van der Waals surface area contributed by atoms with Crippen molar-refractivity contribution in [1.29, 1.82) is 0 Å². The molecule has 7 nitrogen and oxygen atoms in total. The smallest absolute Gasteiger partial charge is 0.407 e. The maximum atomic E-state index is 13.3. The molecular weight excluding hydrogens is 438 g/mol. The normalized spacial score (nSPS) is 14.7. The number of rotatable bonds is 10. The first-order chi connectivity index (χ1) is 15.4. The van der Waals surface area contributed by atoms with Crippen LogP contribution in [0.3, 0.4) is 0 Å². The fraction of sp³-hybridized carbons (Fsp3) is 0.480. The van der Waals surface area contributed by atoms with Crippen LogP contribution in [-0.2, 0) is 22.1 Å². The molecule has 2 aromatic rings. The van der Waals surface area contributed by atoms with Crippen LogP contribution in [0.25, 0.3) is 0 Å². The lowest BCUT2D eigenvalue weighted by Crippen LogP contribution is -2.51. The van der Waals surface area contributed by atoms with Crippen LogP contribution in [0, 0.1) is 5.92 Å². The molecule has 0 aliphatic rings. The summed E-state index contributed by atoms with van der Waals surface area (Å²) in [7, 11) is -1.49. The van der Waals surface area contributed by atoms with Crippen molar-refractivity contribution in [3.05, 3.63) is 60.2 Å². The highest BCUT2D eigenvalue weighted by atomic mass is 32.2. The summed E-state index contributed by atoms with van der Waals surface area (Å²) in [6, 6.07) is 15.9. The molecule has 0 aliphatic heterocycles. The summed E-state index contributed by atoms with van der Waals surface area (Å²) in [6.07, 6.45) is -1.17. The fourth-order valence-corrected chi connectivity index (χ4v) is 4.69. The summed E-state index contributed by atoms with van der Waals surface area (Å²) in [6.45, 7) is 10.0. The number of hydrogen-bond donors (Lipinski definition) is 3. The summed E-state index contributed by atoms with van der Waals surface area (Å²) in [4.78, 5) is 13.1. The minimum Gasteiger partial charge on any atom is -0.444 e. The molecular formula is C25H37N3O4S. The Bertz CT molecular complexity index is 898. The number of hydrogen-bond acceptors (Lipinski definition) is 5. The van der Waals surface area contributed by atoms with Crippen LogP contribution in [0.15, 0.2) is 59.5 Å². The highest BCUT2D eigenvalue weighted by molar-refractivity contribution is 7.82. The molecule has 2 aromatic carbocycles. The summed E-state index contributed by atoms with van der Waals surface area (Å²) in [5.74, 6) is 0.223. The van der Waals surface area contributed by atoms with Gasteiger partial charge in [-0.3, -0.25) is 0 Å². The van der Waals surface area contributed by atoms with Gasteiger partial charge in [-0.05, 0) is 62.9 Å². The van der Waals surface area contributed by atoms with Gasteiger partial charge in [0.05, 0.1) is 17.0 Å². The number of ether oxygens (including phenoxy) is 1. The van der Waals surface area contributed by atoms with Gasteiger partial charge in [0.2, 0.25) is 0 Å². The number of carbonyl (C=O) groups is 1. The molecule has 0 saturated carbocycles. The van der Waals surface area contributed by atoms with E-state index < -0.39 is 34.8 Å². The fourth-order valence-electron chi connectivity index (χ4n) is 3.30. The van der Waals surface area contributed by atoms with Crippen molar-refractivity contribution < 1.29 is 18.8 Å². The second-order valence-electron chi connectivity index (χ2n) is 9.57. The van der Waals surface area contributed by atoms with E-state index in [9.17, 15) is 14.1 Å². The zero-order valence-corrected chi connectivity index (χ0v) is 21.0. The van der Waals surface area contributed by atoms with Gasteiger partial charge in [0, 0.05) is 18.8 Å². The standard InChI is InChI=1S/C25H37N3O4S/c1-18(2)16-28(33(31)21-13-11-20(26)12-14-21)17-23(29)22(15-19-9-7-6-8-10-19)27-24(30)32-25(3,4)5/h6-14,18,22-23,29H,15-17,26H2,1-5H3,(H,27,30). The third-order valence-electron chi connectivity index (χ3n) is 4.74. The summed E-state index contributed by atoms with van der Waals surface area (Å²) in [5.41, 5.74) is 6.66. The Labute approximate surface area is 199 Å². The maximum Gasteiger partial charge on any atom is 0.407 e. The lowest BCUT2D eigenvalue weighted by atomic mass is 10.0. The first kappa shape index (κ1) is 26.8. The number of nitrogen functional groups attached to an aromatic ring is 1. The summed E-state index contributed by atoms with van der Waals surface area (Å²) >= 11 is 0. The molecule has 0 bridgehead atoms. The molecule has 1 amide bonds. The van der Waals surface area contributed by atoms with Gasteiger partial charge in [-0.15, -0.1) is 0 Å². The molecule has 0 spiro atoms. The van der Waals surface area contributed by atoms with Crippen LogP contribution in [0.1, 0.15) is 40.2 Å². The Morgan fingerprint density at radius 2 is 1.70 bits per heavy atom. The molecule has 0 aliphatic carbocycles. The minimum atomic E-state index is -1.49. The van der Waals surface area contributed by atoms with Gasteiger partial charge in [-0.25, -0.2) is 13.3 Å². The van der Waals surface area contributed by atoms with Crippen LogP contribution in [0.4, 0.5) is 10.5 Å². The third kappa shape index (κ3) is 9.53. The molecule has 2 rings (SSSR count). The Hall–Kier alpha value is -2.42.